The minimum Gasteiger partial charge on any atom is -0.465 e. The Morgan fingerprint density at radius 2 is 0.981 bits per heavy atom. The van der Waals surface area contributed by atoms with Crippen molar-refractivity contribution in [3.8, 4) is 0 Å². The molecule has 2 aromatic heterocycles. The molecule has 2 heterocycles. The van der Waals surface area contributed by atoms with Crippen molar-refractivity contribution >= 4 is 34.9 Å². The third kappa shape index (κ3) is 9.69. The maximum atomic E-state index is 14.5. The fourth-order valence-electron chi connectivity index (χ4n) is 5.31. The molecular weight excluding hydrogens is 692 g/mol. The van der Waals surface area contributed by atoms with Gasteiger partial charge in [0.05, 0.1) is 32.3 Å². The molecule has 10 nitrogen and oxygen atoms in total. The fourth-order valence-corrected chi connectivity index (χ4v) is 5.31. The van der Waals surface area contributed by atoms with Crippen LogP contribution in [0.3, 0.4) is 0 Å². The first kappa shape index (κ1) is 38.3. The van der Waals surface area contributed by atoms with E-state index in [1.54, 1.807) is 60.7 Å². The molecule has 6 aromatic rings. The van der Waals surface area contributed by atoms with Gasteiger partial charge in [-0.1, -0.05) is 54.6 Å². The topological polar surface area (TPSA) is 136 Å². The van der Waals surface area contributed by atoms with Gasteiger partial charge in [0, 0.05) is 64.0 Å². The van der Waals surface area contributed by atoms with Crippen LogP contribution >= 0.6 is 0 Å². The summed E-state index contributed by atoms with van der Waals surface area (Å²) in [5, 5.41) is 0. The summed E-state index contributed by atoms with van der Waals surface area (Å²) in [5.74, 6) is -2.65. The van der Waals surface area contributed by atoms with Crippen LogP contribution in [0.15, 0.2) is 146 Å². The lowest BCUT2D eigenvalue weighted by Crippen LogP contribution is -2.30. The van der Waals surface area contributed by atoms with Crippen molar-refractivity contribution in [3.05, 3.63) is 191 Å². The number of hydrogen-bond acceptors (Lipinski definition) is 8. The standard InChI is InChI=1S/C21H18FN3O2.C21H17FN2O3/c22-19-12-16(20(26)13-23)6-7-17(19)14-25(18-4-2-1-3-5-18)21(27)15-8-10-24-11-9-15;1-27-21(26)16-7-8-17(19(22)13-16)14-24(18-5-3-2-4-6-18)20(25)15-9-11-23-12-10-15/h1-12H,13-14,23H2;2-13H,14H2,1H3. The number of ether oxygens (including phenoxy) is 1. The van der Waals surface area contributed by atoms with Crippen LogP contribution in [0.1, 0.15) is 52.6 Å². The second-order valence-corrected chi connectivity index (χ2v) is 11.7. The molecule has 0 saturated heterocycles. The SMILES string of the molecule is COC(=O)c1ccc(CN(C(=O)c2ccncc2)c2ccccc2)c(F)c1.NCC(=O)c1ccc(CN(C(=O)c2ccncc2)c2ccccc2)c(F)c1. The van der Waals surface area contributed by atoms with Crippen molar-refractivity contribution in [2.24, 2.45) is 5.73 Å². The van der Waals surface area contributed by atoms with Crippen molar-refractivity contribution < 1.29 is 32.7 Å². The van der Waals surface area contributed by atoms with E-state index in [4.69, 9.17) is 5.73 Å². The van der Waals surface area contributed by atoms with Gasteiger partial charge in [-0.05, 0) is 66.7 Å². The van der Waals surface area contributed by atoms with Crippen LogP contribution in [-0.2, 0) is 17.8 Å². The zero-order chi connectivity index (χ0) is 38.5. The number of aromatic nitrogens is 2. The first-order valence-corrected chi connectivity index (χ1v) is 16.6. The van der Waals surface area contributed by atoms with Gasteiger partial charge in [-0.2, -0.15) is 0 Å². The minimum atomic E-state index is -0.617. The Bertz CT molecular complexity index is 2050. The Morgan fingerprint density at radius 1 is 0.574 bits per heavy atom. The molecule has 6 rings (SSSR count). The maximum Gasteiger partial charge on any atom is 0.337 e. The van der Waals surface area contributed by atoms with Crippen LogP contribution in [0.4, 0.5) is 20.2 Å². The highest BCUT2D eigenvalue weighted by Crippen LogP contribution is 2.24. The third-order valence-corrected chi connectivity index (χ3v) is 8.17. The van der Waals surface area contributed by atoms with Crippen molar-refractivity contribution in [2.75, 3.05) is 23.5 Å². The number of Topliss-reactive ketones (excluding diaryl/α,β-unsaturated/α-hetero) is 1. The lowest BCUT2D eigenvalue weighted by Gasteiger charge is -2.23. The Balaban J connectivity index is 0.000000208. The largest absolute Gasteiger partial charge is 0.465 e. The predicted octanol–water partition coefficient (Wildman–Crippen LogP) is 7.06. The Kier molecular flexibility index (Phi) is 13.2. The number of pyridine rings is 2. The Morgan fingerprint density at radius 3 is 1.37 bits per heavy atom. The van der Waals surface area contributed by atoms with Crippen LogP contribution < -0.4 is 15.5 Å². The number of amides is 2. The number of rotatable bonds is 11. The number of carbonyl (C=O) groups is 4. The summed E-state index contributed by atoms with van der Waals surface area (Å²) in [7, 11) is 1.23. The van der Waals surface area contributed by atoms with Gasteiger partial charge in [0.1, 0.15) is 11.6 Å². The van der Waals surface area contributed by atoms with Crippen molar-refractivity contribution in [1.29, 1.82) is 0 Å². The van der Waals surface area contributed by atoms with E-state index < -0.39 is 17.6 Å². The van der Waals surface area contributed by atoms with Gasteiger partial charge in [-0.3, -0.25) is 24.4 Å². The van der Waals surface area contributed by atoms with Crippen molar-refractivity contribution in [1.82, 2.24) is 9.97 Å². The molecule has 0 aliphatic rings. The molecule has 12 heteroatoms. The molecular formula is C42H35F2N5O5. The van der Waals surface area contributed by atoms with E-state index in [-0.39, 0.29) is 53.9 Å². The van der Waals surface area contributed by atoms with E-state index in [0.29, 0.717) is 28.1 Å². The molecule has 0 spiro atoms. The molecule has 2 N–H and O–H groups in total. The minimum absolute atomic E-state index is 0.0124. The third-order valence-electron chi connectivity index (χ3n) is 8.17. The van der Waals surface area contributed by atoms with Gasteiger partial charge in [-0.15, -0.1) is 0 Å². The van der Waals surface area contributed by atoms with E-state index >= 15 is 0 Å². The number of halogens is 2. The van der Waals surface area contributed by atoms with Crippen LogP contribution in [0.5, 0.6) is 0 Å². The van der Waals surface area contributed by atoms with E-state index in [9.17, 15) is 28.0 Å². The monoisotopic (exact) mass is 727 g/mol. The maximum absolute atomic E-state index is 14.5. The highest BCUT2D eigenvalue weighted by Gasteiger charge is 2.22. The summed E-state index contributed by atoms with van der Waals surface area (Å²) in [6.07, 6.45) is 6.12. The summed E-state index contributed by atoms with van der Waals surface area (Å²) >= 11 is 0. The summed E-state index contributed by atoms with van der Waals surface area (Å²) < 4.78 is 33.7. The van der Waals surface area contributed by atoms with Gasteiger partial charge in [0.15, 0.2) is 5.78 Å². The highest BCUT2D eigenvalue weighted by molar-refractivity contribution is 6.06. The predicted molar refractivity (Wildman–Crippen MR) is 200 cm³/mol. The number of nitrogens with two attached hydrogens (primary N) is 1. The van der Waals surface area contributed by atoms with Gasteiger partial charge >= 0.3 is 5.97 Å². The van der Waals surface area contributed by atoms with Gasteiger partial charge < -0.3 is 20.3 Å². The van der Waals surface area contributed by atoms with E-state index in [1.165, 1.54) is 66.0 Å². The zero-order valence-corrected chi connectivity index (χ0v) is 29.1. The molecule has 0 radical (unpaired) electrons. The molecule has 4 aromatic carbocycles. The summed E-state index contributed by atoms with van der Waals surface area (Å²) in [6, 6.07) is 32.7. The number of hydrogen-bond donors (Lipinski definition) is 1. The van der Waals surface area contributed by atoms with Gasteiger partial charge in [-0.25, -0.2) is 13.6 Å². The normalized spacial score (nSPS) is 10.4. The Hall–Kier alpha value is -6.92. The quantitative estimate of drug-likeness (QED) is 0.111. The molecule has 0 saturated carbocycles. The number of methoxy groups -OCH3 is 1. The zero-order valence-electron chi connectivity index (χ0n) is 29.1. The molecule has 54 heavy (non-hydrogen) atoms. The summed E-state index contributed by atoms with van der Waals surface area (Å²) in [5.41, 5.74) is 8.41. The first-order valence-electron chi connectivity index (χ1n) is 16.6. The molecule has 0 bridgehead atoms. The highest BCUT2D eigenvalue weighted by atomic mass is 19.1. The molecule has 0 aliphatic heterocycles. The second-order valence-electron chi connectivity index (χ2n) is 11.7. The lowest BCUT2D eigenvalue weighted by molar-refractivity contribution is 0.0599. The summed E-state index contributed by atoms with van der Waals surface area (Å²) in [6.45, 7) is -0.151. The van der Waals surface area contributed by atoms with Crippen LogP contribution in [-0.4, -0.2) is 47.2 Å². The van der Waals surface area contributed by atoms with Crippen molar-refractivity contribution in [2.45, 2.75) is 13.1 Å². The number of anilines is 2. The second kappa shape index (κ2) is 18.5. The fraction of sp³-hybridized carbons (Fsp3) is 0.0952. The first-order chi connectivity index (χ1) is 26.2. The average Bonchev–Trinajstić information content (AvgIpc) is 3.23. The van der Waals surface area contributed by atoms with Crippen molar-refractivity contribution in [3.63, 3.8) is 0 Å². The van der Waals surface area contributed by atoms with E-state index in [0.717, 1.165) is 12.1 Å². The van der Waals surface area contributed by atoms with E-state index in [1.807, 2.05) is 24.3 Å². The molecule has 0 atom stereocenters. The number of nitrogens with zero attached hydrogens (tertiary/aromatic N) is 4. The number of esters is 1. The average molecular weight is 728 g/mol. The molecule has 0 fully saturated rings. The number of carbonyl (C=O) groups excluding carboxylic acids is 4. The van der Waals surface area contributed by atoms with Crippen LogP contribution in [0.25, 0.3) is 0 Å². The van der Waals surface area contributed by atoms with E-state index in [2.05, 4.69) is 14.7 Å². The molecule has 272 valence electrons. The molecule has 0 aliphatic carbocycles. The number of para-hydroxylation sites is 2. The number of ketones is 1. The summed E-state index contributed by atoms with van der Waals surface area (Å²) in [4.78, 5) is 60.0. The Labute approximate surface area is 310 Å². The molecule has 0 unspecified atom stereocenters. The van der Waals surface area contributed by atoms with Crippen LogP contribution in [0.2, 0.25) is 0 Å². The van der Waals surface area contributed by atoms with Crippen LogP contribution in [0, 0.1) is 11.6 Å². The lowest BCUT2D eigenvalue weighted by atomic mass is 10.1. The number of benzene rings is 4. The smallest absolute Gasteiger partial charge is 0.337 e. The van der Waals surface area contributed by atoms with Gasteiger partial charge in [0.25, 0.3) is 11.8 Å². The van der Waals surface area contributed by atoms with Gasteiger partial charge in [0.2, 0.25) is 0 Å². The molecule has 2 amide bonds.